The minimum Gasteiger partial charge on any atom is -0.480 e. The average Bonchev–Trinajstić information content (AvgIpc) is 3.08. The van der Waals surface area contributed by atoms with E-state index in [0.29, 0.717) is 4.47 Å². The van der Waals surface area contributed by atoms with Gasteiger partial charge in [0.1, 0.15) is 17.3 Å². The van der Waals surface area contributed by atoms with E-state index in [1.165, 1.54) is 24.3 Å². The molecule has 2 aromatic carbocycles. The van der Waals surface area contributed by atoms with E-state index >= 15 is 13.2 Å². The number of aliphatic carboxylic acids is 1. The van der Waals surface area contributed by atoms with Crippen LogP contribution in [0.25, 0.3) is 0 Å². The molecule has 1 heterocycles. The third-order valence-corrected chi connectivity index (χ3v) is 7.16. The normalized spacial score (nSPS) is 24.5. The van der Waals surface area contributed by atoms with E-state index in [0.717, 1.165) is 12.1 Å². The van der Waals surface area contributed by atoms with Crippen LogP contribution in [0.1, 0.15) is 44.2 Å². The molecular formula is C25H22BrClF4N2O4. The van der Waals surface area contributed by atoms with Crippen LogP contribution in [-0.4, -0.2) is 40.1 Å². The predicted molar refractivity (Wildman–Crippen MR) is 129 cm³/mol. The van der Waals surface area contributed by atoms with Gasteiger partial charge >= 0.3 is 18.0 Å². The lowest BCUT2D eigenvalue weighted by Gasteiger charge is -2.40. The standard InChI is InChI=1S/C25H22BrClF4N2O4/c1-23(2,3)11-18-24(12-32,16-8-7-15(27)10-17(16)28)19(13-5-4-6-14(26)9-13)20(21(34)35)33(18)25(29,30)22(36)37-31/h4-10,18-20H,11H2,1-3H3,(H,34,35)/t18-,19-,20-,24-/m0/s1. The highest BCUT2D eigenvalue weighted by molar-refractivity contribution is 9.10. The fourth-order valence-electron chi connectivity index (χ4n) is 5.17. The number of hydrogen-bond donors (Lipinski definition) is 1. The number of likely N-dealkylation sites (tertiary alicyclic amines) is 1. The number of alkyl halides is 2. The second kappa shape index (κ2) is 10.2. The fraction of sp³-hybridized carbons (Fsp3) is 0.400. The Morgan fingerprint density at radius 1 is 1.24 bits per heavy atom. The molecule has 3 rings (SSSR count). The van der Waals surface area contributed by atoms with Crippen LogP contribution in [0.4, 0.5) is 17.7 Å². The second-order valence-corrected chi connectivity index (χ2v) is 11.4. The smallest absolute Gasteiger partial charge is 0.434 e. The molecule has 0 aliphatic carbocycles. The number of carbonyl (C=O) groups excluding carboxylic acids is 1. The Hall–Kier alpha value is -2.68. The summed E-state index contributed by atoms with van der Waals surface area (Å²) in [5.41, 5.74) is -3.44. The van der Waals surface area contributed by atoms with Crippen LogP contribution >= 0.6 is 27.5 Å². The summed E-state index contributed by atoms with van der Waals surface area (Å²) >= 11 is 9.17. The first-order chi connectivity index (χ1) is 17.1. The monoisotopic (exact) mass is 604 g/mol. The highest BCUT2D eigenvalue weighted by atomic mass is 79.9. The molecule has 0 radical (unpaired) electrons. The summed E-state index contributed by atoms with van der Waals surface area (Å²) in [7, 11) is 0. The maximum Gasteiger partial charge on any atom is 0.434 e. The van der Waals surface area contributed by atoms with Crippen LogP contribution in [0.5, 0.6) is 0 Å². The largest absolute Gasteiger partial charge is 0.480 e. The first kappa shape index (κ1) is 28.9. The number of carboxylic acids is 1. The minimum absolute atomic E-state index is 0.0225. The van der Waals surface area contributed by atoms with Gasteiger partial charge in [0.25, 0.3) is 0 Å². The zero-order valence-corrected chi connectivity index (χ0v) is 22.2. The van der Waals surface area contributed by atoms with Gasteiger partial charge < -0.3 is 5.11 Å². The topological polar surface area (TPSA) is 90.6 Å². The van der Waals surface area contributed by atoms with Gasteiger partial charge in [-0.1, -0.05) is 66.5 Å². The van der Waals surface area contributed by atoms with Gasteiger partial charge in [-0.3, -0.25) is 4.79 Å². The number of nitrogens with zero attached hydrogens (tertiary/aromatic N) is 2. The molecule has 1 saturated heterocycles. The van der Waals surface area contributed by atoms with E-state index in [1.54, 1.807) is 26.8 Å². The van der Waals surface area contributed by atoms with Crippen LogP contribution in [0.15, 0.2) is 46.9 Å². The van der Waals surface area contributed by atoms with Crippen molar-refractivity contribution in [2.24, 2.45) is 5.41 Å². The molecular weight excluding hydrogens is 584 g/mol. The maximum absolute atomic E-state index is 15.6. The number of carboxylic acid groups (broad SMARTS) is 1. The molecule has 0 spiro atoms. The zero-order valence-electron chi connectivity index (χ0n) is 19.8. The van der Waals surface area contributed by atoms with E-state index in [9.17, 15) is 24.5 Å². The highest BCUT2D eigenvalue weighted by Gasteiger charge is 2.71. The van der Waals surface area contributed by atoms with Gasteiger partial charge in [0, 0.05) is 31.5 Å². The quantitative estimate of drug-likeness (QED) is 0.304. The summed E-state index contributed by atoms with van der Waals surface area (Å²) in [6.45, 7) is 4.91. The lowest BCUT2D eigenvalue weighted by atomic mass is 9.63. The number of nitriles is 1. The first-order valence-corrected chi connectivity index (χ1v) is 12.1. The van der Waals surface area contributed by atoms with Gasteiger partial charge in [0.2, 0.25) is 0 Å². The number of benzene rings is 2. The molecule has 6 nitrogen and oxygen atoms in total. The summed E-state index contributed by atoms with van der Waals surface area (Å²) in [5.74, 6) is -7.16. The van der Waals surface area contributed by atoms with Crippen molar-refractivity contribution in [2.75, 3.05) is 0 Å². The Labute approximate surface area is 223 Å². The van der Waals surface area contributed by atoms with Crippen molar-refractivity contribution in [3.63, 3.8) is 0 Å². The number of hydrogen-bond acceptors (Lipinski definition) is 5. The molecule has 12 heteroatoms. The molecule has 0 aromatic heterocycles. The molecule has 1 aliphatic rings. The molecule has 0 bridgehead atoms. The van der Waals surface area contributed by atoms with E-state index < -0.39 is 58.2 Å². The Bertz CT molecular complexity index is 1270. The summed E-state index contributed by atoms with van der Waals surface area (Å²) in [6.07, 6.45) is -0.313. The SMILES string of the molecule is CC(C)(C)C[C@@H]1N(C(F)(F)C(=O)OF)[C@H](C(=O)O)[C@H](c2cccc(Br)c2)[C@@]1(C#N)c1ccc(Cl)cc1F. The van der Waals surface area contributed by atoms with Crippen molar-refractivity contribution < 1.29 is 37.3 Å². The Morgan fingerprint density at radius 3 is 2.38 bits per heavy atom. The molecule has 1 fully saturated rings. The van der Waals surface area contributed by atoms with Crippen molar-refractivity contribution in [1.82, 2.24) is 4.90 Å². The molecule has 0 unspecified atom stereocenters. The molecule has 198 valence electrons. The van der Waals surface area contributed by atoms with Crippen LogP contribution in [0.2, 0.25) is 5.02 Å². The molecule has 4 atom stereocenters. The van der Waals surface area contributed by atoms with E-state index in [1.807, 2.05) is 6.07 Å². The summed E-state index contributed by atoms with van der Waals surface area (Å²) in [5, 5.41) is 20.9. The summed E-state index contributed by atoms with van der Waals surface area (Å²) in [6, 6.07) is 2.23. The Balaban J connectivity index is 2.54. The molecule has 1 N–H and O–H groups in total. The molecule has 0 saturated carbocycles. The summed E-state index contributed by atoms with van der Waals surface area (Å²) < 4.78 is 60.0. The van der Waals surface area contributed by atoms with Crippen molar-refractivity contribution in [3.05, 3.63) is 68.9 Å². The third kappa shape index (κ3) is 5.07. The van der Waals surface area contributed by atoms with Gasteiger partial charge in [-0.2, -0.15) is 14.0 Å². The van der Waals surface area contributed by atoms with Crippen molar-refractivity contribution in [3.8, 4) is 6.07 Å². The third-order valence-electron chi connectivity index (χ3n) is 6.44. The van der Waals surface area contributed by atoms with Gasteiger partial charge in [-0.15, -0.1) is 0 Å². The average molecular weight is 606 g/mol. The lowest BCUT2D eigenvalue weighted by Crippen LogP contribution is -2.58. The molecule has 2 aromatic rings. The van der Waals surface area contributed by atoms with Crippen molar-refractivity contribution >= 4 is 39.5 Å². The second-order valence-electron chi connectivity index (χ2n) is 10.0. The van der Waals surface area contributed by atoms with Gasteiger partial charge in [-0.25, -0.2) is 19.0 Å². The van der Waals surface area contributed by atoms with Gasteiger partial charge in [0.05, 0.1) is 6.07 Å². The maximum atomic E-state index is 15.6. The highest BCUT2D eigenvalue weighted by Crippen LogP contribution is 2.58. The fourth-order valence-corrected chi connectivity index (χ4v) is 5.75. The first-order valence-electron chi connectivity index (χ1n) is 11.0. The van der Waals surface area contributed by atoms with Crippen LogP contribution in [0.3, 0.4) is 0 Å². The predicted octanol–water partition coefficient (Wildman–Crippen LogP) is 6.38. The number of halogens is 6. The molecule has 1 aliphatic heterocycles. The molecule has 37 heavy (non-hydrogen) atoms. The van der Waals surface area contributed by atoms with Crippen LogP contribution in [0, 0.1) is 22.6 Å². The van der Waals surface area contributed by atoms with Gasteiger partial charge in [-0.05, 0) is 41.7 Å². The number of carbonyl (C=O) groups is 2. The zero-order chi connectivity index (χ0) is 27.9. The minimum atomic E-state index is -4.83. The Kier molecular flexibility index (Phi) is 7.99. The van der Waals surface area contributed by atoms with E-state index in [4.69, 9.17) is 11.6 Å². The summed E-state index contributed by atoms with van der Waals surface area (Å²) in [4.78, 5) is 27.5. The number of rotatable bonds is 6. The van der Waals surface area contributed by atoms with Crippen LogP contribution in [-0.2, 0) is 19.9 Å². The van der Waals surface area contributed by atoms with E-state index in [-0.39, 0.29) is 21.9 Å². The molecule has 0 amide bonds. The lowest BCUT2D eigenvalue weighted by molar-refractivity contribution is -0.245. The Morgan fingerprint density at radius 2 is 1.89 bits per heavy atom. The van der Waals surface area contributed by atoms with Crippen molar-refractivity contribution in [1.29, 1.82) is 5.26 Å². The van der Waals surface area contributed by atoms with E-state index in [2.05, 4.69) is 20.9 Å². The van der Waals surface area contributed by atoms with Crippen molar-refractivity contribution in [2.45, 2.75) is 56.7 Å². The van der Waals surface area contributed by atoms with Crippen LogP contribution < -0.4 is 0 Å². The van der Waals surface area contributed by atoms with Gasteiger partial charge in [0.15, 0.2) is 0 Å².